The van der Waals surface area contributed by atoms with Crippen molar-refractivity contribution in [3.05, 3.63) is 0 Å². The number of carboxylic acids is 1. The van der Waals surface area contributed by atoms with Crippen molar-refractivity contribution in [3.63, 3.8) is 0 Å². The van der Waals surface area contributed by atoms with Gasteiger partial charge in [-0.15, -0.1) is 0 Å². The number of carboxylic acid groups (broad SMARTS) is 1. The number of nitrogens with zero attached hydrogens (tertiary/aromatic N) is 1. The molecule has 118 valence electrons. The van der Waals surface area contributed by atoms with E-state index in [0.717, 1.165) is 25.7 Å². The van der Waals surface area contributed by atoms with Gasteiger partial charge in [0.1, 0.15) is 0 Å². The van der Waals surface area contributed by atoms with Crippen molar-refractivity contribution in [2.75, 3.05) is 13.1 Å². The summed E-state index contributed by atoms with van der Waals surface area (Å²) in [5.74, 6) is -1.80. The second-order valence-electron chi connectivity index (χ2n) is 6.14. The lowest BCUT2D eigenvalue weighted by Gasteiger charge is -2.37. The zero-order valence-corrected chi connectivity index (χ0v) is 12.5. The second kappa shape index (κ2) is 6.91. The molecule has 2 N–H and O–H groups in total. The van der Waals surface area contributed by atoms with Crippen LogP contribution in [0.1, 0.15) is 45.4 Å². The van der Waals surface area contributed by atoms with Crippen LogP contribution in [0.25, 0.3) is 0 Å². The Hall–Kier alpha value is -1.59. The van der Waals surface area contributed by atoms with Gasteiger partial charge < -0.3 is 15.3 Å². The largest absolute Gasteiger partial charge is 0.481 e. The van der Waals surface area contributed by atoms with Crippen molar-refractivity contribution < 1.29 is 19.5 Å². The van der Waals surface area contributed by atoms with Crippen molar-refractivity contribution in [1.29, 1.82) is 0 Å². The Morgan fingerprint density at radius 3 is 2.10 bits per heavy atom. The molecule has 0 aromatic heterocycles. The smallest absolute Gasteiger partial charge is 0.307 e. The summed E-state index contributed by atoms with van der Waals surface area (Å²) >= 11 is 0. The van der Waals surface area contributed by atoms with Crippen LogP contribution in [0.15, 0.2) is 0 Å². The molecule has 1 saturated carbocycles. The molecule has 0 bridgehead atoms. The van der Waals surface area contributed by atoms with Gasteiger partial charge in [0.05, 0.1) is 11.8 Å². The Bertz CT molecular complexity index is 416. The molecular formula is C15H24N2O4. The van der Waals surface area contributed by atoms with Gasteiger partial charge in [0, 0.05) is 26.1 Å². The Kier molecular flexibility index (Phi) is 5.20. The number of nitrogens with one attached hydrogen (secondary N) is 1. The summed E-state index contributed by atoms with van der Waals surface area (Å²) in [4.78, 5) is 36.7. The minimum absolute atomic E-state index is 0.0108. The molecule has 2 unspecified atom stereocenters. The highest BCUT2D eigenvalue weighted by Crippen LogP contribution is 2.32. The topological polar surface area (TPSA) is 86.7 Å². The summed E-state index contributed by atoms with van der Waals surface area (Å²) in [5.41, 5.74) is 0. The molecule has 0 radical (unpaired) electrons. The first-order valence-electron chi connectivity index (χ1n) is 7.77. The summed E-state index contributed by atoms with van der Waals surface area (Å²) in [6, 6.07) is 0.133. The lowest BCUT2D eigenvalue weighted by atomic mass is 9.78. The summed E-state index contributed by atoms with van der Waals surface area (Å²) < 4.78 is 0. The average Bonchev–Trinajstić information content (AvgIpc) is 2.46. The predicted octanol–water partition coefficient (Wildman–Crippen LogP) is 1.00. The highest BCUT2D eigenvalue weighted by Gasteiger charge is 2.38. The van der Waals surface area contributed by atoms with E-state index in [9.17, 15) is 19.5 Å². The summed E-state index contributed by atoms with van der Waals surface area (Å²) in [6.45, 7) is 2.70. The van der Waals surface area contributed by atoms with Gasteiger partial charge >= 0.3 is 5.97 Å². The molecule has 2 aliphatic rings. The number of piperidine rings is 1. The summed E-state index contributed by atoms with van der Waals surface area (Å²) in [5, 5.41) is 12.2. The highest BCUT2D eigenvalue weighted by molar-refractivity contribution is 5.85. The van der Waals surface area contributed by atoms with Gasteiger partial charge in [-0.25, -0.2) is 0 Å². The molecule has 1 aliphatic heterocycles. The normalized spacial score (nSPS) is 27.2. The van der Waals surface area contributed by atoms with Gasteiger partial charge in [-0.2, -0.15) is 0 Å². The van der Waals surface area contributed by atoms with Crippen molar-refractivity contribution in [2.45, 2.75) is 51.5 Å². The second-order valence-corrected chi connectivity index (χ2v) is 6.14. The van der Waals surface area contributed by atoms with Gasteiger partial charge in [0.2, 0.25) is 11.8 Å². The van der Waals surface area contributed by atoms with Crippen molar-refractivity contribution in [3.8, 4) is 0 Å². The first-order chi connectivity index (χ1) is 9.99. The monoisotopic (exact) mass is 296 g/mol. The fraction of sp³-hybridized carbons (Fsp3) is 0.800. The van der Waals surface area contributed by atoms with Gasteiger partial charge in [-0.1, -0.05) is 12.8 Å². The molecule has 2 amide bonds. The van der Waals surface area contributed by atoms with Crippen molar-refractivity contribution >= 4 is 17.8 Å². The minimum atomic E-state index is -0.846. The van der Waals surface area contributed by atoms with Crippen LogP contribution in [0.5, 0.6) is 0 Å². The third-order valence-electron chi connectivity index (χ3n) is 4.61. The van der Waals surface area contributed by atoms with Crippen molar-refractivity contribution in [2.24, 2.45) is 11.8 Å². The third kappa shape index (κ3) is 3.95. The maximum atomic E-state index is 12.6. The van der Waals surface area contributed by atoms with E-state index in [1.54, 1.807) is 4.90 Å². The molecule has 0 aromatic carbocycles. The third-order valence-corrected chi connectivity index (χ3v) is 4.61. The van der Waals surface area contributed by atoms with E-state index in [0.29, 0.717) is 25.9 Å². The maximum absolute atomic E-state index is 12.6. The Morgan fingerprint density at radius 2 is 1.57 bits per heavy atom. The van der Waals surface area contributed by atoms with Crippen LogP contribution < -0.4 is 5.32 Å². The van der Waals surface area contributed by atoms with E-state index in [4.69, 9.17) is 0 Å². The van der Waals surface area contributed by atoms with E-state index >= 15 is 0 Å². The molecule has 2 rings (SSSR count). The van der Waals surface area contributed by atoms with Crippen LogP contribution in [-0.4, -0.2) is 46.9 Å². The van der Waals surface area contributed by atoms with E-state index in [2.05, 4.69) is 5.32 Å². The zero-order chi connectivity index (χ0) is 15.4. The molecule has 1 saturated heterocycles. The van der Waals surface area contributed by atoms with E-state index in [1.807, 2.05) is 0 Å². The van der Waals surface area contributed by atoms with Crippen LogP contribution in [0.3, 0.4) is 0 Å². The highest BCUT2D eigenvalue weighted by atomic mass is 16.4. The molecule has 0 spiro atoms. The zero-order valence-electron chi connectivity index (χ0n) is 12.5. The van der Waals surface area contributed by atoms with Gasteiger partial charge in [-0.05, 0) is 25.7 Å². The number of hydrogen-bond donors (Lipinski definition) is 2. The molecule has 6 heteroatoms. The maximum Gasteiger partial charge on any atom is 0.307 e. The molecule has 1 heterocycles. The molecule has 0 aromatic rings. The van der Waals surface area contributed by atoms with Crippen LogP contribution in [-0.2, 0) is 14.4 Å². The Balaban J connectivity index is 1.91. The average molecular weight is 296 g/mol. The first kappa shape index (κ1) is 15.8. The number of rotatable bonds is 3. The van der Waals surface area contributed by atoms with Gasteiger partial charge in [-0.3, -0.25) is 14.4 Å². The number of amides is 2. The van der Waals surface area contributed by atoms with E-state index in [1.165, 1.54) is 6.92 Å². The van der Waals surface area contributed by atoms with Crippen LogP contribution >= 0.6 is 0 Å². The quantitative estimate of drug-likeness (QED) is 0.813. The number of carbonyl (C=O) groups is 3. The minimum Gasteiger partial charge on any atom is -0.481 e. The molecule has 2 fully saturated rings. The standard InChI is InChI=1S/C15H24N2O4/c1-10(18)16-11-6-8-17(9-7-11)14(19)12-4-2-3-5-13(12)15(20)21/h11-13H,2-9H2,1H3,(H,16,18)(H,20,21). The number of aliphatic carboxylic acids is 1. The molecule has 2 atom stereocenters. The van der Waals surface area contributed by atoms with Crippen molar-refractivity contribution in [1.82, 2.24) is 10.2 Å². The van der Waals surface area contributed by atoms with Crippen LogP contribution in [0.4, 0.5) is 0 Å². The molecule has 1 aliphatic carbocycles. The van der Waals surface area contributed by atoms with Gasteiger partial charge in [0.25, 0.3) is 0 Å². The fourth-order valence-corrected chi connectivity index (χ4v) is 3.49. The summed E-state index contributed by atoms with van der Waals surface area (Å²) in [7, 11) is 0. The van der Waals surface area contributed by atoms with Crippen LogP contribution in [0.2, 0.25) is 0 Å². The Labute approximate surface area is 124 Å². The number of hydrogen-bond acceptors (Lipinski definition) is 3. The first-order valence-corrected chi connectivity index (χ1v) is 7.77. The van der Waals surface area contributed by atoms with E-state index in [-0.39, 0.29) is 23.8 Å². The predicted molar refractivity (Wildman–Crippen MR) is 76.5 cm³/mol. The molecule has 21 heavy (non-hydrogen) atoms. The van der Waals surface area contributed by atoms with Crippen LogP contribution in [0, 0.1) is 11.8 Å². The lowest BCUT2D eigenvalue weighted by Crippen LogP contribution is -2.49. The molecular weight excluding hydrogens is 272 g/mol. The SMILES string of the molecule is CC(=O)NC1CCN(C(=O)C2CCCCC2C(=O)O)CC1. The molecule has 6 nitrogen and oxygen atoms in total. The summed E-state index contributed by atoms with van der Waals surface area (Å²) in [6.07, 6.45) is 4.61. The number of carbonyl (C=O) groups excluding carboxylic acids is 2. The van der Waals surface area contributed by atoms with Gasteiger partial charge in [0.15, 0.2) is 0 Å². The number of likely N-dealkylation sites (tertiary alicyclic amines) is 1. The lowest BCUT2D eigenvalue weighted by molar-refractivity contribution is -0.152. The van der Waals surface area contributed by atoms with E-state index < -0.39 is 11.9 Å². The fourth-order valence-electron chi connectivity index (χ4n) is 3.49. The Morgan fingerprint density at radius 1 is 1.00 bits per heavy atom.